The van der Waals surface area contributed by atoms with Crippen molar-refractivity contribution in [1.29, 1.82) is 0 Å². The van der Waals surface area contributed by atoms with E-state index in [-0.39, 0.29) is 52.2 Å². The number of rotatable bonds is 10. The van der Waals surface area contributed by atoms with Crippen molar-refractivity contribution >= 4 is 27.6 Å². The minimum absolute atomic E-state index is 0.101. The highest BCUT2D eigenvalue weighted by Gasteiger charge is 2.32. The number of carbonyl (C=O) groups is 2. The summed E-state index contributed by atoms with van der Waals surface area (Å²) < 4.78 is 56.1. The molecule has 5 rings (SSSR count). The third-order valence-electron chi connectivity index (χ3n) is 7.48. The van der Waals surface area contributed by atoms with Gasteiger partial charge in [0.1, 0.15) is 22.2 Å². The van der Waals surface area contributed by atoms with Gasteiger partial charge in [-0.05, 0) is 74.1 Å². The molecule has 1 saturated heterocycles. The number of ether oxygens (including phenoxy) is 2. The van der Waals surface area contributed by atoms with Crippen molar-refractivity contribution in [1.82, 2.24) is 19.0 Å². The fourth-order valence-electron chi connectivity index (χ4n) is 4.93. The number of nitrogens with zero attached hydrogens (tertiary/aromatic N) is 4. The number of benzene rings is 3. The molecule has 0 aliphatic carbocycles. The molecular formula is C31H32FN5O7S. The Balaban J connectivity index is 1.57. The molecule has 0 radical (unpaired) electrons. The van der Waals surface area contributed by atoms with Crippen molar-refractivity contribution in [3.8, 4) is 23.1 Å². The van der Waals surface area contributed by atoms with Crippen molar-refractivity contribution in [2.75, 3.05) is 45.2 Å². The maximum Gasteiger partial charge on any atom is 0.356 e. The zero-order chi connectivity index (χ0) is 32.3. The fraction of sp³-hybridized carbons (Fsp3) is 0.258. The van der Waals surface area contributed by atoms with Crippen LogP contribution < -0.4 is 14.8 Å². The molecule has 1 amide bonds. The summed E-state index contributed by atoms with van der Waals surface area (Å²) in [4.78, 5) is 26.9. The molecule has 0 spiro atoms. The third-order valence-corrected chi connectivity index (χ3v) is 9.40. The molecular weight excluding hydrogens is 605 g/mol. The molecule has 1 aliphatic rings. The van der Waals surface area contributed by atoms with Crippen molar-refractivity contribution in [3.63, 3.8) is 0 Å². The van der Waals surface area contributed by atoms with Crippen LogP contribution in [0.2, 0.25) is 0 Å². The van der Waals surface area contributed by atoms with E-state index in [4.69, 9.17) is 9.47 Å². The fourth-order valence-corrected chi connectivity index (χ4v) is 6.50. The molecule has 2 heterocycles. The van der Waals surface area contributed by atoms with Crippen LogP contribution in [0.15, 0.2) is 71.6 Å². The van der Waals surface area contributed by atoms with E-state index < -0.39 is 27.7 Å². The van der Waals surface area contributed by atoms with Gasteiger partial charge < -0.3 is 24.8 Å². The van der Waals surface area contributed by atoms with Crippen LogP contribution in [0.1, 0.15) is 33.3 Å². The van der Waals surface area contributed by atoms with Gasteiger partial charge in [0.2, 0.25) is 15.9 Å². The highest BCUT2D eigenvalue weighted by molar-refractivity contribution is 7.89. The number of halogens is 1. The topological polar surface area (TPSA) is 143 Å². The molecule has 1 aromatic heterocycles. The molecule has 3 aromatic carbocycles. The number of hydrogen-bond donors (Lipinski definition) is 2. The van der Waals surface area contributed by atoms with Crippen LogP contribution >= 0.6 is 0 Å². The van der Waals surface area contributed by atoms with Gasteiger partial charge in [-0.15, -0.1) is 0 Å². The number of methoxy groups -OCH3 is 1. The lowest BCUT2D eigenvalue weighted by Gasteiger charge is -2.33. The smallest absolute Gasteiger partial charge is 0.356 e. The summed E-state index contributed by atoms with van der Waals surface area (Å²) in [6.45, 7) is 5.79. The van der Waals surface area contributed by atoms with E-state index in [0.717, 1.165) is 17.3 Å². The van der Waals surface area contributed by atoms with Crippen LogP contribution in [-0.4, -0.2) is 84.2 Å². The minimum atomic E-state index is -4.18. The minimum Gasteiger partial charge on any atom is -0.497 e. The van der Waals surface area contributed by atoms with Crippen molar-refractivity contribution in [2.24, 2.45) is 0 Å². The molecule has 14 heteroatoms. The van der Waals surface area contributed by atoms with Crippen molar-refractivity contribution in [2.45, 2.75) is 18.7 Å². The second-order valence-electron chi connectivity index (χ2n) is 10.3. The molecule has 0 saturated carbocycles. The summed E-state index contributed by atoms with van der Waals surface area (Å²) in [7, 11) is -2.66. The third kappa shape index (κ3) is 6.67. The lowest BCUT2D eigenvalue weighted by Crippen LogP contribution is -2.48. The van der Waals surface area contributed by atoms with Crippen molar-refractivity contribution < 1.29 is 37.0 Å². The Hall–Kier alpha value is -4.79. The van der Waals surface area contributed by atoms with E-state index in [1.54, 1.807) is 24.3 Å². The summed E-state index contributed by atoms with van der Waals surface area (Å²) in [5, 5.41) is 16.6. The Kier molecular flexibility index (Phi) is 9.18. The summed E-state index contributed by atoms with van der Waals surface area (Å²) in [5.41, 5.74) is 0.438. The first-order chi connectivity index (χ1) is 21.5. The molecule has 2 N–H and O–H groups in total. The van der Waals surface area contributed by atoms with Gasteiger partial charge in [-0.25, -0.2) is 17.6 Å². The summed E-state index contributed by atoms with van der Waals surface area (Å²) >= 11 is 0. The predicted molar refractivity (Wildman–Crippen MR) is 164 cm³/mol. The number of aromatic nitrogens is 2. The number of anilines is 1. The average molecular weight is 638 g/mol. The van der Waals surface area contributed by atoms with Gasteiger partial charge in [0.05, 0.1) is 12.8 Å². The highest BCUT2D eigenvalue weighted by Crippen LogP contribution is 2.37. The van der Waals surface area contributed by atoms with Gasteiger partial charge in [0, 0.05) is 43.0 Å². The van der Waals surface area contributed by atoms with Crippen LogP contribution in [0.25, 0.3) is 5.69 Å². The van der Waals surface area contributed by atoms with Gasteiger partial charge in [-0.2, -0.15) is 14.1 Å². The Morgan fingerprint density at radius 3 is 2.36 bits per heavy atom. The van der Waals surface area contributed by atoms with E-state index in [2.05, 4.69) is 15.3 Å². The number of carboxylic acids is 1. The average Bonchev–Trinajstić information content (AvgIpc) is 3.37. The number of nitrogens with one attached hydrogen (secondary N) is 1. The van der Waals surface area contributed by atoms with Gasteiger partial charge in [0.25, 0.3) is 5.91 Å². The Morgan fingerprint density at radius 2 is 1.73 bits per heavy atom. The lowest BCUT2D eigenvalue weighted by atomic mass is 10.2. The number of likely N-dealkylation sites (N-methyl/N-ethyl adjacent to an activating group) is 1. The summed E-state index contributed by atoms with van der Waals surface area (Å²) in [6, 6.07) is 15.9. The Labute approximate surface area is 259 Å². The van der Waals surface area contributed by atoms with E-state index in [1.807, 2.05) is 6.92 Å². The lowest BCUT2D eigenvalue weighted by molar-refractivity contribution is 0.0689. The maximum atomic E-state index is 14.1. The molecule has 4 aromatic rings. The first kappa shape index (κ1) is 31.6. The molecule has 1 aliphatic heterocycles. The van der Waals surface area contributed by atoms with Gasteiger partial charge >= 0.3 is 5.97 Å². The van der Waals surface area contributed by atoms with Gasteiger partial charge in [-0.3, -0.25) is 4.79 Å². The van der Waals surface area contributed by atoms with Gasteiger partial charge in [0.15, 0.2) is 5.69 Å². The molecule has 0 atom stereocenters. The Bertz CT molecular complexity index is 1840. The summed E-state index contributed by atoms with van der Waals surface area (Å²) in [5.74, 6) is -2.07. The molecule has 1 fully saturated rings. The number of aromatic carboxylic acids is 1. The summed E-state index contributed by atoms with van der Waals surface area (Å²) in [6.07, 6.45) is 0. The number of amides is 1. The SMILES string of the molecule is CCN1CCN(S(=O)(=O)c2cc(NC(=O)c3ccc(OC)cc3)ccc2Oc2c(C)c(C(=O)O)nn2-c2cccc(F)c2)CC1. The molecule has 0 unspecified atom stereocenters. The Morgan fingerprint density at radius 1 is 1.02 bits per heavy atom. The number of hydrogen-bond acceptors (Lipinski definition) is 8. The predicted octanol–water partition coefficient (Wildman–Crippen LogP) is 4.40. The van der Waals surface area contributed by atoms with Crippen LogP contribution in [-0.2, 0) is 10.0 Å². The first-order valence-electron chi connectivity index (χ1n) is 14.1. The normalized spacial score (nSPS) is 14.2. The first-order valence-corrected chi connectivity index (χ1v) is 15.5. The van der Waals surface area contributed by atoms with E-state index in [1.165, 1.54) is 54.7 Å². The van der Waals surface area contributed by atoms with Crippen LogP contribution in [0.3, 0.4) is 0 Å². The molecule has 12 nitrogen and oxygen atoms in total. The molecule has 0 bridgehead atoms. The van der Waals surface area contributed by atoms with E-state index >= 15 is 0 Å². The van der Waals surface area contributed by atoms with Crippen LogP contribution in [0.4, 0.5) is 10.1 Å². The van der Waals surface area contributed by atoms with E-state index in [0.29, 0.717) is 24.4 Å². The standard InChI is InChI=1S/C31H32FN5O7S/c1-4-35-14-16-36(17-15-35)45(41,42)27-19-23(33-29(38)21-8-11-25(43-3)12-9-21)10-13-26(27)44-30-20(2)28(31(39)40)34-37(30)24-7-5-6-22(32)18-24/h5-13,18-19H,4,14-17H2,1-3H3,(H,33,38)(H,39,40). The molecule has 236 valence electrons. The van der Waals surface area contributed by atoms with Gasteiger partial charge in [-0.1, -0.05) is 13.0 Å². The number of carbonyl (C=O) groups excluding carboxylic acids is 1. The highest BCUT2D eigenvalue weighted by atomic mass is 32.2. The number of carboxylic acid groups (broad SMARTS) is 1. The zero-order valence-corrected chi connectivity index (χ0v) is 25.7. The molecule has 45 heavy (non-hydrogen) atoms. The van der Waals surface area contributed by atoms with E-state index in [9.17, 15) is 27.5 Å². The second kappa shape index (κ2) is 13.1. The maximum absolute atomic E-state index is 14.1. The second-order valence-corrected chi connectivity index (χ2v) is 12.2. The number of piperazine rings is 1. The van der Waals surface area contributed by atoms with Crippen LogP contribution in [0, 0.1) is 12.7 Å². The zero-order valence-electron chi connectivity index (χ0n) is 24.9. The quantitative estimate of drug-likeness (QED) is 0.259. The largest absolute Gasteiger partial charge is 0.497 e. The monoisotopic (exact) mass is 637 g/mol. The van der Waals surface area contributed by atoms with Crippen LogP contribution in [0.5, 0.6) is 17.4 Å². The number of sulfonamides is 1. The van der Waals surface area contributed by atoms with Crippen molar-refractivity contribution in [3.05, 3.63) is 89.4 Å².